The van der Waals surface area contributed by atoms with E-state index >= 15 is 0 Å². The summed E-state index contributed by atoms with van der Waals surface area (Å²) in [6.07, 6.45) is 9.42. The Morgan fingerprint density at radius 3 is 2.71 bits per heavy atom. The van der Waals surface area contributed by atoms with E-state index in [9.17, 15) is 14.7 Å². The molecule has 4 aromatic heterocycles. The normalized spacial score (nSPS) is 16.9. The molecule has 0 atom stereocenters. The fourth-order valence-corrected chi connectivity index (χ4v) is 6.54. The summed E-state index contributed by atoms with van der Waals surface area (Å²) in [5.41, 5.74) is 7.13. The number of aromatic nitrogens is 5. The average molecular weight is 555 g/mol. The first kappa shape index (κ1) is 25.7. The number of amides is 1. The number of pyridine rings is 2. The number of nitrogens with zero attached hydrogens (tertiary/aromatic N) is 7. The van der Waals surface area contributed by atoms with Crippen molar-refractivity contribution < 1.29 is 9.90 Å². The molecule has 7 rings (SSSR count). The fraction of sp³-hybridized carbons (Fsp3) is 0.400. The predicted octanol–water partition coefficient (Wildman–Crippen LogP) is 2.67. The summed E-state index contributed by atoms with van der Waals surface area (Å²) in [5.74, 6) is 0.542. The van der Waals surface area contributed by atoms with Gasteiger partial charge >= 0.3 is 0 Å². The molecule has 6 heterocycles. The van der Waals surface area contributed by atoms with Crippen LogP contribution in [-0.2, 0) is 46.1 Å². The summed E-state index contributed by atoms with van der Waals surface area (Å²) < 4.78 is 5.66. The number of aliphatic hydroxyl groups is 1. The standard InChI is InChI=1S/C30H34N8O3/c1-34-7-10-38-21(17-34)13-28(33-38)32-24-11-20(16-35(2)29(24)40)22-14-31-15-27(23(22)18-39)37-9-8-36-25-6-4-3-5-19(25)12-26(36)30(37)41/h11-16,39H,3-10,17-18H2,1-2H3,(H,32,33). The molecule has 1 amide bonds. The Labute approximate surface area is 237 Å². The number of aliphatic hydroxyl groups excluding tert-OH is 1. The van der Waals surface area contributed by atoms with E-state index in [-0.39, 0.29) is 18.1 Å². The lowest BCUT2D eigenvalue weighted by Crippen LogP contribution is -2.41. The molecule has 0 bridgehead atoms. The maximum atomic E-state index is 13.7. The van der Waals surface area contributed by atoms with Crippen LogP contribution in [0.3, 0.4) is 0 Å². The zero-order valence-corrected chi connectivity index (χ0v) is 23.4. The second-order valence-electron chi connectivity index (χ2n) is 11.3. The summed E-state index contributed by atoms with van der Waals surface area (Å²) >= 11 is 0. The highest BCUT2D eigenvalue weighted by Gasteiger charge is 2.32. The van der Waals surface area contributed by atoms with Crippen LogP contribution in [0.4, 0.5) is 17.2 Å². The molecule has 212 valence electrons. The molecular weight excluding hydrogens is 520 g/mol. The molecule has 0 aromatic carbocycles. The smallest absolute Gasteiger partial charge is 0.275 e. The Balaban J connectivity index is 1.24. The molecule has 11 nitrogen and oxygen atoms in total. The average Bonchev–Trinajstić information content (AvgIpc) is 3.56. The molecule has 0 saturated carbocycles. The van der Waals surface area contributed by atoms with Crippen LogP contribution in [0.25, 0.3) is 11.1 Å². The number of carbonyl (C=O) groups excluding carboxylic acids is 1. The first-order valence-corrected chi connectivity index (χ1v) is 14.3. The SMILES string of the molecule is CN1CCn2nc(Nc3cc(-c4cncc(N5CCn6c(cc7c6CCCC7)C5=O)c4CO)cn(C)c3=O)cc2C1. The monoisotopic (exact) mass is 554 g/mol. The second kappa shape index (κ2) is 10.0. The molecule has 0 fully saturated rings. The number of anilines is 3. The molecule has 0 spiro atoms. The molecule has 2 aliphatic heterocycles. The maximum Gasteiger partial charge on any atom is 0.275 e. The molecular formula is C30H34N8O3. The molecule has 11 heteroatoms. The van der Waals surface area contributed by atoms with Crippen molar-refractivity contribution in [3.05, 3.63) is 75.4 Å². The molecule has 3 aliphatic rings. The maximum absolute atomic E-state index is 13.7. The molecule has 1 aliphatic carbocycles. The highest BCUT2D eigenvalue weighted by atomic mass is 16.3. The third-order valence-corrected chi connectivity index (χ3v) is 8.65. The molecule has 0 unspecified atom stereocenters. The number of fused-ring (bicyclic) bond motifs is 4. The summed E-state index contributed by atoms with van der Waals surface area (Å²) in [7, 11) is 3.77. The van der Waals surface area contributed by atoms with Crippen molar-refractivity contribution in [2.75, 3.05) is 30.4 Å². The topological polar surface area (TPSA) is 113 Å². The van der Waals surface area contributed by atoms with Gasteiger partial charge in [-0.25, -0.2) is 0 Å². The van der Waals surface area contributed by atoms with Gasteiger partial charge in [-0.15, -0.1) is 0 Å². The Kier molecular flexibility index (Phi) is 6.28. The Morgan fingerprint density at radius 1 is 1.00 bits per heavy atom. The number of hydrogen-bond acceptors (Lipinski definition) is 7. The first-order valence-electron chi connectivity index (χ1n) is 14.3. The van der Waals surface area contributed by atoms with Crippen LogP contribution in [0.15, 0.2) is 41.6 Å². The van der Waals surface area contributed by atoms with Crippen LogP contribution in [0.2, 0.25) is 0 Å². The van der Waals surface area contributed by atoms with Crippen LogP contribution in [0.1, 0.15) is 45.8 Å². The number of hydrogen-bond donors (Lipinski definition) is 2. The summed E-state index contributed by atoms with van der Waals surface area (Å²) in [4.78, 5) is 35.3. The lowest BCUT2D eigenvalue weighted by atomic mass is 9.98. The van der Waals surface area contributed by atoms with Crippen molar-refractivity contribution in [3.8, 4) is 11.1 Å². The van der Waals surface area contributed by atoms with Crippen molar-refractivity contribution in [2.45, 2.75) is 51.9 Å². The van der Waals surface area contributed by atoms with Gasteiger partial charge in [0, 0.05) is 74.1 Å². The third-order valence-electron chi connectivity index (χ3n) is 8.65. The van der Waals surface area contributed by atoms with E-state index in [2.05, 4.69) is 38.0 Å². The van der Waals surface area contributed by atoms with Gasteiger partial charge in [0.15, 0.2) is 5.82 Å². The lowest BCUT2D eigenvalue weighted by molar-refractivity contribution is 0.0964. The number of carbonyl (C=O) groups is 1. The lowest BCUT2D eigenvalue weighted by Gasteiger charge is -2.31. The van der Waals surface area contributed by atoms with Crippen LogP contribution in [-0.4, -0.2) is 59.9 Å². The summed E-state index contributed by atoms with van der Waals surface area (Å²) in [6.45, 7) is 3.46. The van der Waals surface area contributed by atoms with Gasteiger partial charge in [-0.3, -0.25) is 24.2 Å². The number of rotatable bonds is 5. The minimum absolute atomic E-state index is 0.0727. The van der Waals surface area contributed by atoms with Crippen molar-refractivity contribution >= 4 is 23.1 Å². The zero-order chi connectivity index (χ0) is 28.2. The minimum atomic E-state index is -0.276. The van der Waals surface area contributed by atoms with Gasteiger partial charge < -0.3 is 24.5 Å². The van der Waals surface area contributed by atoms with Gasteiger partial charge in [-0.1, -0.05) is 0 Å². The van der Waals surface area contributed by atoms with E-state index in [1.54, 1.807) is 36.6 Å². The van der Waals surface area contributed by atoms with Crippen molar-refractivity contribution in [3.63, 3.8) is 0 Å². The van der Waals surface area contributed by atoms with E-state index in [4.69, 9.17) is 0 Å². The van der Waals surface area contributed by atoms with Crippen molar-refractivity contribution in [1.82, 2.24) is 28.8 Å². The van der Waals surface area contributed by atoms with E-state index in [0.29, 0.717) is 52.7 Å². The van der Waals surface area contributed by atoms with Crippen LogP contribution in [0, 0.1) is 0 Å². The predicted molar refractivity (Wildman–Crippen MR) is 155 cm³/mol. The van der Waals surface area contributed by atoms with Gasteiger partial charge in [0.2, 0.25) is 0 Å². The van der Waals surface area contributed by atoms with E-state index < -0.39 is 0 Å². The zero-order valence-electron chi connectivity index (χ0n) is 23.4. The van der Waals surface area contributed by atoms with E-state index in [0.717, 1.165) is 51.0 Å². The molecule has 0 radical (unpaired) electrons. The Morgan fingerprint density at radius 2 is 1.85 bits per heavy atom. The van der Waals surface area contributed by atoms with E-state index in [1.807, 2.05) is 10.7 Å². The second-order valence-corrected chi connectivity index (χ2v) is 11.3. The highest BCUT2D eigenvalue weighted by Crippen LogP contribution is 2.35. The van der Waals surface area contributed by atoms with Crippen LogP contribution < -0.4 is 15.8 Å². The number of aryl methyl sites for hydroxylation is 2. The van der Waals surface area contributed by atoms with Crippen LogP contribution in [0.5, 0.6) is 0 Å². The third kappa shape index (κ3) is 4.36. The summed E-state index contributed by atoms with van der Waals surface area (Å²) in [5, 5.41) is 18.4. The number of likely N-dealkylation sites (N-methyl/N-ethyl adjacent to an activating group) is 1. The van der Waals surface area contributed by atoms with Gasteiger partial charge in [-0.2, -0.15) is 5.10 Å². The Bertz CT molecular complexity index is 1730. The molecule has 2 N–H and O–H groups in total. The molecule has 41 heavy (non-hydrogen) atoms. The quantitative estimate of drug-likeness (QED) is 0.390. The van der Waals surface area contributed by atoms with Gasteiger partial charge in [0.25, 0.3) is 11.5 Å². The van der Waals surface area contributed by atoms with E-state index in [1.165, 1.54) is 15.8 Å². The summed E-state index contributed by atoms with van der Waals surface area (Å²) in [6, 6.07) is 5.79. The molecule has 4 aromatic rings. The van der Waals surface area contributed by atoms with Gasteiger partial charge in [0.05, 0.1) is 30.7 Å². The fourth-order valence-electron chi connectivity index (χ4n) is 6.54. The van der Waals surface area contributed by atoms with Crippen molar-refractivity contribution in [1.29, 1.82) is 0 Å². The number of nitrogens with one attached hydrogen (secondary N) is 1. The largest absolute Gasteiger partial charge is 0.392 e. The minimum Gasteiger partial charge on any atom is -0.392 e. The van der Waals surface area contributed by atoms with Gasteiger partial charge in [-0.05, 0) is 50.4 Å². The highest BCUT2D eigenvalue weighted by molar-refractivity contribution is 6.07. The van der Waals surface area contributed by atoms with Crippen molar-refractivity contribution in [2.24, 2.45) is 7.05 Å². The first-order chi connectivity index (χ1) is 19.9. The van der Waals surface area contributed by atoms with Crippen LogP contribution >= 0.6 is 0 Å². The van der Waals surface area contributed by atoms with Gasteiger partial charge in [0.1, 0.15) is 11.4 Å². The Hall–Kier alpha value is -4.22. The molecule has 0 saturated heterocycles.